The number of piperidine rings is 1. The van der Waals surface area contributed by atoms with Gasteiger partial charge in [-0.05, 0) is 49.7 Å². The van der Waals surface area contributed by atoms with Gasteiger partial charge >= 0.3 is 0 Å². The van der Waals surface area contributed by atoms with Crippen LogP contribution in [0.3, 0.4) is 0 Å². The average molecular weight is 331 g/mol. The Morgan fingerprint density at radius 3 is 2.87 bits per heavy atom. The molecule has 0 spiro atoms. The van der Waals surface area contributed by atoms with Crippen molar-refractivity contribution in [2.45, 2.75) is 19.4 Å². The summed E-state index contributed by atoms with van der Waals surface area (Å²) in [5.41, 5.74) is 0.991. The highest BCUT2D eigenvalue weighted by Crippen LogP contribution is 2.27. The Kier molecular flexibility index (Phi) is 4.93. The van der Waals surface area contributed by atoms with Crippen molar-refractivity contribution in [1.82, 2.24) is 15.6 Å². The van der Waals surface area contributed by atoms with E-state index in [-0.39, 0.29) is 11.9 Å². The van der Waals surface area contributed by atoms with E-state index in [0.29, 0.717) is 10.8 Å². The molecule has 1 saturated heterocycles. The van der Waals surface area contributed by atoms with Crippen molar-refractivity contribution in [3.05, 3.63) is 35.3 Å². The number of benzene rings is 1. The molecule has 5 nitrogen and oxygen atoms in total. The number of methoxy groups -OCH3 is 1. The van der Waals surface area contributed by atoms with Gasteiger partial charge in [-0.3, -0.25) is 4.79 Å². The van der Waals surface area contributed by atoms with Crippen LogP contribution in [0, 0.1) is 5.92 Å². The normalized spacial score (nSPS) is 21.0. The minimum Gasteiger partial charge on any atom is -0.497 e. The van der Waals surface area contributed by atoms with Gasteiger partial charge in [-0.25, -0.2) is 4.98 Å². The molecule has 0 aliphatic carbocycles. The van der Waals surface area contributed by atoms with Crippen LogP contribution in [0.1, 0.15) is 23.0 Å². The first-order valence-corrected chi connectivity index (χ1v) is 8.61. The third kappa shape index (κ3) is 3.71. The number of carbonyl (C=O) groups excluding carboxylic acids is 1. The number of amides is 1. The Balaban J connectivity index is 1.69. The van der Waals surface area contributed by atoms with Gasteiger partial charge < -0.3 is 15.4 Å². The van der Waals surface area contributed by atoms with Gasteiger partial charge in [-0.1, -0.05) is 6.92 Å². The number of aromatic nitrogens is 1. The maximum Gasteiger partial charge on any atom is 0.263 e. The van der Waals surface area contributed by atoms with Gasteiger partial charge in [-0.2, -0.15) is 0 Å². The summed E-state index contributed by atoms with van der Waals surface area (Å²) in [6, 6.07) is 7.93. The predicted molar refractivity (Wildman–Crippen MR) is 92.0 cm³/mol. The summed E-state index contributed by atoms with van der Waals surface area (Å²) < 4.78 is 5.16. The first kappa shape index (κ1) is 16.0. The lowest BCUT2D eigenvalue weighted by Gasteiger charge is -2.29. The number of nitrogens with zero attached hydrogens (tertiary/aromatic N) is 1. The Hall–Kier alpha value is -1.92. The van der Waals surface area contributed by atoms with Gasteiger partial charge in [0.15, 0.2) is 0 Å². The van der Waals surface area contributed by atoms with E-state index in [2.05, 4.69) is 22.5 Å². The fourth-order valence-corrected chi connectivity index (χ4v) is 3.54. The lowest BCUT2D eigenvalue weighted by Crippen LogP contribution is -2.48. The molecule has 2 atom stereocenters. The quantitative estimate of drug-likeness (QED) is 0.904. The van der Waals surface area contributed by atoms with Gasteiger partial charge in [0.1, 0.15) is 15.6 Å². The van der Waals surface area contributed by atoms with Gasteiger partial charge in [0.05, 0.1) is 13.3 Å². The number of hydrogen-bond acceptors (Lipinski definition) is 5. The molecule has 23 heavy (non-hydrogen) atoms. The van der Waals surface area contributed by atoms with E-state index in [9.17, 15) is 4.79 Å². The number of carbonyl (C=O) groups is 1. The fourth-order valence-electron chi connectivity index (χ4n) is 2.71. The van der Waals surface area contributed by atoms with Crippen molar-refractivity contribution in [3.8, 4) is 16.3 Å². The van der Waals surface area contributed by atoms with Crippen molar-refractivity contribution in [2.75, 3.05) is 20.2 Å². The molecule has 0 radical (unpaired) electrons. The zero-order chi connectivity index (χ0) is 16.2. The molecule has 1 aliphatic heterocycles. The first-order valence-electron chi connectivity index (χ1n) is 7.79. The summed E-state index contributed by atoms with van der Waals surface area (Å²) in [5.74, 6) is 1.23. The van der Waals surface area contributed by atoms with E-state index in [0.717, 1.165) is 35.8 Å². The highest BCUT2D eigenvalue weighted by Gasteiger charge is 2.23. The topological polar surface area (TPSA) is 63.2 Å². The van der Waals surface area contributed by atoms with Crippen molar-refractivity contribution >= 4 is 17.2 Å². The molecular formula is C17H21N3O2S. The van der Waals surface area contributed by atoms with Crippen molar-refractivity contribution < 1.29 is 9.53 Å². The number of hydrogen-bond donors (Lipinski definition) is 2. The lowest BCUT2D eigenvalue weighted by molar-refractivity contribution is 0.0918. The molecule has 1 aromatic heterocycles. The molecule has 2 N–H and O–H groups in total. The van der Waals surface area contributed by atoms with Crippen LogP contribution in [0.25, 0.3) is 10.6 Å². The van der Waals surface area contributed by atoms with Gasteiger partial charge in [0.25, 0.3) is 5.91 Å². The van der Waals surface area contributed by atoms with Crippen molar-refractivity contribution in [2.24, 2.45) is 5.92 Å². The Labute approximate surface area is 140 Å². The molecule has 1 fully saturated rings. The molecule has 1 amide bonds. The third-order valence-corrected chi connectivity index (χ3v) is 5.21. The molecule has 0 bridgehead atoms. The second-order valence-corrected chi connectivity index (χ2v) is 6.84. The maximum absolute atomic E-state index is 12.4. The predicted octanol–water partition coefficient (Wildman–Crippen LogP) is 2.55. The van der Waals surface area contributed by atoms with Crippen LogP contribution in [0.5, 0.6) is 5.75 Å². The largest absolute Gasteiger partial charge is 0.497 e. The third-order valence-electron chi connectivity index (χ3n) is 4.17. The Morgan fingerprint density at radius 1 is 1.39 bits per heavy atom. The maximum atomic E-state index is 12.4. The van der Waals surface area contributed by atoms with Crippen molar-refractivity contribution in [3.63, 3.8) is 0 Å². The van der Waals surface area contributed by atoms with E-state index in [1.165, 1.54) is 11.3 Å². The van der Waals surface area contributed by atoms with E-state index in [4.69, 9.17) is 4.74 Å². The molecule has 2 unspecified atom stereocenters. The summed E-state index contributed by atoms with van der Waals surface area (Å²) in [6.45, 7) is 4.06. The van der Waals surface area contributed by atoms with Crippen LogP contribution in [0.2, 0.25) is 0 Å². The van der Waals surface area contributed by atoms with Crippen LogP contribution in [0.15, 0.2) is 30.5 Å². The molecule has 2 heterocycles. The summed E-state index contributed by atoms with van der Waals surface area (Å²) in [6.07, 6.45) is 2.63. The molecule has 0 saturated carbocycles. The molecule has 1 aliphatic rings. The smallest absolute Gasteiger partial charge is 0.263 e. The van der Waals surface area contributed by atoms with Gasteiger partial charge in [0.2, 0.25) is 0 Å². The van der Waals surface area contributed by atoms with E-state index in [1.807, 2.05) is 24.3 Å². The number of nitrogens with one attached hydrogen (secondary N) is 2. The standard InChI is InChI=1S/C17H21N3O2S/c1-11-9-18-8-7-14(11)20-16(21)15-10-19-17(23-15)12-3-5-13(22-2)6-4-12/h3-6,10-11,14,18H,7-9H2,1-2H3,(H,20,21). The highest BCUT2D eigenvalue weighted by molar-refractivity contribution is 7.16. The summed E-state index contributed by atoms with van der Waals surface area (Å²) >= 11 is 1.42. The summed E-state index contributed by atoms with van der Waals surface area (Å²) in [5, 5.41) is 7.32. The number of ether oxygens (including phenoxy) is 1. The highest BCUT2D eigenvalue weighted by atomic mass is 32.1. The number of thiazole rings is 1. The molecule has 122 valence electrons. The minimum atomic E-state index is -0.0268. The van der Waals surface area contributed by atoms with Gasteiger partial charge in [-0.15, -0.1) is 11.3 Å². The van der Waals surface area contributed by atoms with E-state index < -0.39 is 0 Å². The van der Waals surface area contributed by atoms with Crippen LogP contribution in [-0.4, -0.2) is 37.1 Å². The minimum absolute atomic E-state index is 0.0268. The van der Waals surface area contributed by atoms with Crippen LogP contribution in [0.4, 0.5) is 0 Å². The SMILES string of the molecule is COc1ccc(-c2ncc(C(=O)NC3CCNCC3C)s2)cc1. The summed E-state index contributed by atoms with van der Waals surface area (Å²) in [4.78, 5) is 17.5. The van der Waals surface area contributed by atoms with Crippen LogP contribution < -0.4 is 15.4 Å². The van der Waals surface area contributed by atoms with Crippen LogP contribution >= 0.6 is 11.3 Å². The first-order chi connectivity index (χ1) is 11.2. The van der Waals surface area contributed by atoms with Crippen LogP contribution in [-0.2, 0) is 0 Å². The van der Waals surface area contributed by atoms with E-state index >= 15 is 0 Å². The monoisotopic (exact) mass is 331 g/mol. The zero-order valence-corrected chi connectivity index (χ0v) is 14.2. The molecular weight excluding hydrogens is 310 g/mol. The van der Waals surface area contributed by atoms with Crippen molar-refractivity contribution in [1.29, 1.82) is 0 Å². The lowest BCUT2D eigenvalue weighted by atomic mass is 9.95. The fraction of sp³-hybridized carbons (Fsp3) is 0.412. The molecule has 3 rings (SSSR count). The van der Waals surface area contributed by atoms with Gasteiger partial charge in [0, 0.05) is 11.6 Å². The summed E-state index contributed by atoms with van der Waals surface area (Å²) in [7, 11) is 1.64. The Morgan fingerprint density at radius 2 is 2.17 bits per heavy atom. The second kappa shape index (κ2) is 7.10. The molecule has 2 aromatic rings. The van der Waals surface area contributed by atoms with E-state index in [1.54, 1.807) is 13.3 Å². The average Bonchev–Trinajstić information content (AvgIpc) is 3.07. The Bertz CT molecular complexity index is 669. The molecule has 6 heteroatoms. The zero-order valence-electron chi connectivity index (χ0n) is 13.3. The number of rotatable bonds is 4. The second-order valence-electron chi connectivity index (χ2n) is 5.81. The molecule has 1 aromatic carbocycles.